The maximum Gasteiger partial charge on any atom is 0.157 e. The van der Waals surface area contributed by atoms with Gasteiger partial charge >= 0.3 is 0 Å². The molecule has 0 aromatic rings. The molecule has 2 aliphatic heterocycles. The molecule has 0 aromatic heterocycles. The van der Waals surface area contributed by atoms with Crippen molar-refractivity contribution >= 4 is 5.78 Å². The van der Waals surface area contributed by atoms with Gasteiger partial charge in [-0.25, -0.2) is 0 Å². The smallest absolute Gasteiger partial charge is 0.157 e. The normalized spacial score (nSPS) is 32.6. The number of carbonyl (C=O) groups is 1. The van der Waals surface area contributed by atoms with E-state index in [0.717, 1.165) is 44.8 Å². The van der Waals surface area contributed by atoms with Crippen LogP contribution in [0.25, 0.3) is 0 Å². The minimum absolute atomic E-state index is 0.0223. The average Bonchev–Trinajstić information content (AvgIpc) is 2.80. The van der Waals surface area contributed by atoms with E-state index in [1.165, 1.54) is 6.42 Å². The summed E-state index contributed by atoms with van der Waals surface area (Å²) in [5.41, 5.74) is 0. The fourth-order valence-corrected chi connectivity index (χ4v) is 3.33. The molecule has 1 N–H and O–H groups in total. The van der Waals surface area contributed by atoms with Gasteiger partial charge in [0.15, 0.2) is 6.29 Å². The average molecular weight is 269 g/mol. The van der Waals surface area contributed by atoms with E-state index in [0.29, 0.717) is 18.5 Å². The predicted octanol–water partition coefficient (Wildman–Crippen LogP) is 2.27. The Kier molecular flexibility index (Phi) is 5.79. The highest BCUT2D eigenvalue weighted by Crippen LogP contribution is 2.24. The molecular formula is C15H27NO3. The summed E-state index contributed by atoms with van der Waals surface area (Å²) in [6.45, 7) is 5.46. The van der Waals surface area contributed by atoms with Gasteiger partial charge in [-0.05, 0) is 44.9 Å². The topological polar surface area (TPSA) is 47.6 Å². The van der Waals surface area contributed by atoms with Gasteiger partial charge in [0.05, 0.1) is 13.2 Å². The van der Waals surface area contributed by atoms with Gasteiger partial charge in [-0.15, -0.1) is 0 Å². The summed E-state index contributed by atoms with van der Waals surface area (Å²) in [4.78, 5) is 11.2. The number of ether oxygens (including phenoxy) is 2. The molecule has 19 heavy (non-hydrogen) atoms. The maximum atomic E-state index is 11.2. The zero-order valence-corrected chi connectivity index (χ0v) is 12.2. The highest BCUT2D eigenvalue weighted by Gasteiger charge is 2.26. The van der Waals surface area contributed by atoms with Crippen LogP contribution in [0.1, 0.15) is 52.4 Å². The predicted molar refractivity (Wildman–Crippen MR) is 74.0 cm³/mol. The minimum Gasteiger partial charge on any atom is -0.350 e. The van der Waals surface area contributed by atoms with Crippen molar-refractivity contribution in [2.45, 2.75) is 70.7 Å². The van der Waals surface area contributed by atoms with Gasteiger partial charge in [0.25, 0.3) is 0 Å². The molecule has 0 aliphatic carbocycles. The number of rotatable bonds is 6. The van der Waals surface area contributed by atoms with E-state index in [2.05, 4.69) is 12.2 Å². The van der Waals surface area contributed by atoms with Crippen molar-refractivity contribution in [1.29, 1.82) is 0 Å². The van der Waals surface area contributed by atoms with E-state index in [1.54, 1.807) is 6.92 Å². The molecule has 0 saturated carbocycles. The monoisotopic (exact) mass is 269 g/mol. The zero-order valence-electron chi connectivity index (χ0n) is 12.2. The molecule has 4 nitrogen and oxygen atoms in total. The Balaban J connectivity index is 1.68. The van der Waals surface area contributed by atoms with E-state index in [-0.39, 0.29) is 12.1 Å². The third kappa shape index (κ3) is 5.21. The second-order valence-electron chi connectivity index (χ2n) is 6.15. The van der Waals surface area contributed by atoms with Crippen LogP contribution in [-0.2, 0) is 14.3 Å². The Hall–Kier alpha value is -0.450. The van der Waals surface area contributed by atoms with Crippen LogP contribution in [0.4, 0.5) is 0 Å². The van der Waals surface area contributed by atoms with Crippen LogP contribution in [0.3, 0.4) is 0 Å². The van der Waals surface area contributed by atoms with Crippen molar-refractivity contribution in [2.24, 2.45) is 5.92 Å². The molecule has 2 saturated heterocycles. The molecule has 110 valence electrons. The molecule has 0 aromatic carbocycles. The standard InChI is InChI=1S/C15H27NO3/c1-11-8-13(16-14(9-11)10-12(2)17)4-3-5-15-18-6-7-19-15/h11,13-16H,3-10H2,1-2H3/t11-,13+,14-/m1/s1. The molecule has 0 bridgehead atoms. The number of hydrogen-bond donors (Lipinski definition) is 1. The second kappa shape index (κ2) is 7.36. The molecule has 3 atom stereocenters. The Morgan fingerprint density at radius 2 is 1.84 bits per heavy atom. The Morgan fingerprint density at radius 3 is 2.53 bits per heavy atom. The molecule has 2 rings (SSSR count). The minimum atomic E-state index is 0.0223. The van der Waals surface area contributed by atoms with Gasteiger partial charge in [0.1, 0.15) is 5.78 Å². The van der Waals surface area contributed by atoms with Crippen molar-refractivity contribution < 1.29 is 14.3 Å². The number of Topliss-reactive ketones (excluding diaryl/α,β-unsaturated/α-hetero) is 1. The first kappa shape index (κ1) is 14.9. The largest absolute Gasteiger partial charge is 0.350 e. The molecule has 2 aliphatic rings. The summed E-state index contributed by atoms with van der Waals surface area (Å²) in [6.07, 6.45) is 6.32. The molecule has 2 heterocycles. The van der Waals surface area contributed by atoms with Crippen molar-refractivity contribution in [3.05, 3.63) is 0 Å². The van der Waals surface area contributed by atoms with Gasteiger partial charge in [-0.1, -0.05) is 6.92 Å². The summed E-state index contributed by atoms with van der Waals surface area (Å²) in [5.74, 6) is 1.01. The van der Waals surface area contributed by atoms with Crippen LogP contribution in [0, 0.1) is 5.92 Å². The van der Waals surface area contributed by atoms with Gasteiger partial charge < -0.3 is 14.8 Å². The number of nitrogens with one attached hydrogen (secondary N) is 1. The third-order valence-electron chi connectivity index (χ3n) is 4.06. The second-order valence-corrected chi connectivity index (χ2v) is 6.15. The lowest BCUT2D eigenvalue weighted by molar-refractivity contribution is -0.117. The van der Waals surface area contributed by atoms with E-state index in [9.17, 15) is 4.79 Å². The molecule has 4 heteroatoms. The number of carbonyl (C=O) groups excluding carboxylic acids is 1. The SMILES string of the molecule is CC(=O)C[C@H]1C[C@H](C)C[C@H](CCCC2OCCO2)N1. The Labute approximate surface area is 116 Å². The summed E-state index contributed by atoms with van der Waals surface area (Å²) in [6, 6.07) is 0.930. The van der Waals surface area contributed by atoms with Gasteiger partial charge in [0.2, 0.25) is 0 Å². The molecular weight excluding hydrogens is 242 g/mol. The summed E-state index contributed by atoms with van der Waals surface area (Å²) >= 11 is 0. The lowest BCUT2D eigenvalue weighted by atomic mass is 9.85. The van der Waals surface area contributed by atoms with Crippen LogP contribution in [0.2, 0.25) is 0 Å². The molecule has 2 fully saturated rings. The molecule has 0 amide bonds. The van der Waals surface area contributed by atoms with Crippen LogP contribution in [-0.4, -0.2) is 37.4 Å². The number of piperidine rings is 1. The number of hydrogen-bond acceptors (Lipinski definition) is 4. The summed E-state index contributed by atoms with van der Waals surface area (Å²) in [5, 5.41) is 3.64. The fraction of sp³-hybridized carbons (Fsp3) is 0.933. The van der Waals surface area contributed by atoms with Crippen molar-refractivity contribution in [1.82, 2.24) is 5.32 Å². The molecule has 0 unspecified atom stereocenters. The van der Waals surface area contributed by atoms with Crippen molar-refractivity contribution in [2.75, 3.05) is 13.2 Å². The van der Waals surface area contributed by atoms with E-state index >= 15 is 0 Å². The highest BCUT2D eigenvalue weighted by molar-refractivity contribution is 5.76. The highest BCUT2D eigenvalue weighted by atomic mass is 16.7. The lowest BCUT2D eigenvalue weighted by Crippen LogP contribution is -2.45. The van der Waals surface area contributed by atoms with Crippen molar-refractivity contribution in [3.8, 4) is 0 Å². The first-order valence-corrected chi connectivity index (χ1v) is 7.62. The first-order valence-electron chi connectivity index (χ1n) is 7.62. The van der Waals surface area contributed by atoms with Gasteiger partial charge in [-0.2, -0.15) is 0 Å². The first-order chi connectivity index (χ1) is 9.13. The van der Waals surface area contributed by atoms with Crippen LogP contribution < -0.4 is 5.32 Å². The summed E-state index contributed by atoms with van der Waals surface area (Å²) in [7, 11) is 0. The van der Waals surface area contributed by atoms with E-state index < -0.39 is 0 Å². The van der Waals surface area contributed by atoms with Gasteiger partial charge in [-0.3, -0.25) is 4.79 Å². The number of ketones is 1. The van der Waals surface area contributed by atoms with E-state index in [4.69, 9.17) is 9.47 Å². The molecule has 0 spiro atoms. The summed E-state index contributed by atoms with van der Waals surface area (Å²) < 4.78 is 10.9. The van der Waals surface area contributed by atoms with Crippen LogP contribution in [0.5, 0.6) is 0 Å². The maximum absolute atomic E-state index is 11.2. The quantitative estimate of drug-likeness (QED) is 0.803. The van der Waals surface area contributed by atoms with Crippen LogP contribution >= 0.6 is 0 Å². The van der Waals surface area contributed by atoms with Crippen LogP contribution in [0.15, 0.2) is 0 Å². The lowest BCUT2D eigenvalue weighted by Gasteiger charge is -2.34. The zero-order chi connectivity index (χ0) is 13.7. The van der Waals surface area contributed by atoms with E-state index in [1.807, 2.05) is 0 Å². The third-order valence-corrected chi connectivity index (χ3v) is 4.06. The Bertz CT molecular complexity index is 289. The fourth-order valence-electron chi connectivity index (χ4n) is 3.33. The van der Waals surface area contributed by atoms with Gasteiger partial charge in [0, 0.05) is 18.5 Å². The Morgan fingerprint density at radius 1 is 1.16 bits per heavy atom. The van der Waals surface area contributed by atoms with Crippen molar-refractivity contribution in [3.63, 3.8) is 0 Å². The molecule has 0 radical (unpaired) electrons.